The van der Waals surface area contributed by atoms with Gasteiger partial charge in [-0.25, -0.2) is 0 Å². The van der Waals surface area contributed by atoms with E-state index in [0.29, 0.717) is 0 Å². The predicted molar refractivity (Wildman–Crippen MR) is 134 cm³/mol. The Morgan fingerprint density at radius 1 is 0.781 bits per heavy atom. The van der Waals surface area contributed by atoms with Gasteiger partial charge in [0.05, 0.1) is 23.1 Å². The second kappa shape index (κ2) is 9.21. The molecule has 4 heteroatoms. The lowest BCUT2D eigenvalue weighted by Crippen LogP contribution is -2.18. The zero-order chi connectivity index (χ0) is 21.8. The molecule has 0 saturated carbocycles. The van der Waals surface area contributed by atoms with Crippen LogP contribution in [0.1, 0.15) is 29.2 Å². The number of rotatable bonds is 5. The van der Waals surface area contributed by atoms with Crippen LogP contribution < -0.4 is 5.01 Å². The van der Waals surface area contributed by atoms with Crippen LogP contribution in [0.25, 0.3) is 0 Å². The smallest absolute Gasteiger partial charge is 0.0831 e. The number of hydrazone groups is 1. The van der Waals surface area contributed by atoms with Gasteiger partial charge in [0.25, 0.3) is 0 Å². The van der Waals surface area contributed by atoms with Crippen LogP contribution in [0.2, 0.25) is 5.02 Å². The Morgan fingerprint density at radius 3 is 2.12 bits per heavy atom. The van der Waals surface area contributed by atoms with Crippen LogP contribution in [-0.2, 0) is 0 Å². The van der Waals surface area contributed by atoms with Crippen molar-refractivity contribution in [1.82, 2.24) is 0 Å². The van der Waals surface area contributed by atoms with E-state index in [9.17, 15) is 0 Å². The maximum atomic E-state index is 6.09. The van der Waals surface area contributed by atoms with Crippen molar-refractivity contribution in [1.29, 1.82) is 0 Å². The zero-order valence-corrected chi connectivity index (χ0v) is 18.2. The molecule has 0 N–H and O–H groups in total. The fourth-order valence-corrected chi connectivity index (χ4v) is 4.00. The maximum absolute atomic E-state index is 6.09. The number of halogens is 1. The highest BCUT2D eigenvalue weighted by molar-refractivity contribution is 6.30. The minimum absolute atomic E-state index is 0.144. The summed E-state index contributed by atoms with van der Waals surface area (Å²) in [7, 11) is 0. The molecular weight excluding hydrogens is 414 g/mol. The molecule has 5 rings (SSSR count). The molecule has 1 aliphatic rings. The first-order valence-electron chi connectivity index (χ1n) is 10.6. The van der Waals surface area contributed by atoms with Crippen molar-refractivity contribution >= 4 is 34.9 Å². The van der Waals surface area contributed by atoms with Gasteiger partial charge in [-0.2, -0.15) is 5.10 Å². The van der Waals surface area contributed by atoms with E-state index < -0.39 is 0 Å². The van der Waals surface area contributed by atoms with Crippen LogP contribution in [-0.4, -0.2) is 11.9 Å². The average molecular weight is 436 g/mol. The molecule has 0 radical (unpaired) electrons. The molecule has 1 atom stereocenters. The summed E-state index contributed by atoms with van der Waals surface area (Å²) in [4.78, 5) is 4.55. The van der Waals surface area contributed by atoms with Crippen molar-refractivity contribution < 1.29 is 0 Å². The van der Waals surface area contributed by atoms with Gasteiger partial charge in [0, 0.05) is 17.7 Å². The molecule has 0 fully saturated rings. The van der Waals surface area contributed by atoms with Gasteiger partial charge in [0.2, 0.25) is 0 Å². The lowest BCUT2D eigenvalue weighted by molar-refractivity contribution is 0.709. The minimum Gasteiger partial charge on any atom is -0.257 e. The molecule has 0 unspecified atom stereocenters. The predicted octanol–water partition coefficient (Wildman–Crippen LogP) is 7.45. The van der Waals surface area contributed by atoms with E-state index in [4.69, 9.17) is 16.7 Å². The van der Waals surface area contributed by atoms with E-state index in [1.165, 1.54) is 5.56 Å². The van der Waals surface area contributed by atoms with Gasteiger partial charge in [0.1, 0.15) is 0 Å². The summed E-state index contributed by atoms with van der Waals surface area (Å²) in [6, 6.07) is 36.9. The summed E-state index contributed by atoms with van der Waals surface area (Å²) in [6.45, 7) is 0. The first-order valence-corrected chi connectivity index (χ1v) is 11.0. The van der Waals surface area contributed by atoms with Crippen molar-refractivity contribution in [2.24, 2.45) is 10.1 Å². The van der Waals surface area contributed by atoms with E-state index >= 15 is 0 Å². The van der Waals surface area contributed by atoms with E-state index in [-0.39, 0.29) is 6.04 Å². The number of hydrogen-bond donors (Lipinski definition) is 0. The summed E-state index contributed by atoms with van der Waals surface area (Å²) in [5.41, 5.74) is 6.46. The highest BCUT2D eigenvalue weighted by Gasteiger charge is 2.29. The Kier molecular flexibility index (Phi) is 5.82. The number of nitrogens with zero attached hydrogens (tertiary/aromatic N) is 3. The minimum atomic E-state index is 0.144. The lowest BCUT2D eigenvalue weighted by Gasteiger charge is -2.24. The molecule has 0 aromatic heterocycles. The van der Waals surface area contributed by atoms with Gasteiger partial charge in [0.15, 0.2) is 0 Å². The van der Waals surface area contributed by atoms with Crippen molar-refractivity contribution in [3.63, 3.8) is 0 Å². The fraction of sp³-hybridized carbons (Fsp3) is 0.0714. The van der Waals surface area contributed by atoms with E-state index in [1.54, 1.807) is 0 Å². The molecule has 3 nitrogen and oxygen atoms in total. The summed E-state index contributed by atoms with van der Waals surface area (Å²) >= 11 is 6.09. The first-order chi connectivity index (χ1) is 15.8. The molecule has 1 aliphatic heterocycles. The molecular formula is C28H22ClN3. The Hall–Kier alpha value is -3.69. The average Bonchev–Trinajstić information content (AvgIpc) is 3.30. The monoisotopic (exact) mass is 435 g/mol. The summed E-state index contributed by atoms with van der Waals surface area (Å²) in [5.74, 6) is 0. The topological polar surface area (TPSA) is 28.0 Å². The highest BCUT2D eigenvalue weighted by atomic mass is 35.5. The molecule has 0 bridgehead atoms. The standard InChI is InChI=1S/C28H22ClN3/c29-24-15-13-22(14-16-24)27-19-28(23-7-3-1-4-8-23)32(31-27)26-17-11-21(12-18-26)20-30-25-9-5-2-6-10-25/h1-18,20,28H,19H2/t28-/m1/s1. The molecule has 32 heavy (non-hydrogen) atoms. The van der Waals surface area contributed by atoms with Gasteiger partial charge in [-0.05, 0) is 53.1 Å². The zero-order valence-electron chi connectivity index (χ0n) is 17.5. The molecule has 0 aliphatic carbocycles. The van der Waals surface area contributed by atoms with E-state index in [2.05, 4.69) is 58.5 Å². The van der Waals surface area contributed by atoms with Crippen LogP contribution >= 0.6 is 11.6 Å². The van der Waals surface area contributed by atoms with Crippen molar-refractivity contribution in [3.05, 3.63) is 131 Å². The molecule has 0 spiro atoms. The van der Waals surface area contributed by atoms with Crippen molar-refractivity contribution in [2.45, 2.75) is 12.5 Å². The quantitative estimate of drug-likeness (QED) is 0.299. The van der Waals surface area contributed by atoms with Crippen LogP contribution in [0.15, 0.2) is 119 Å². The highest BCUT2D eigenvalue weighted by Crippen LogP contribution is 2.36. The van der Waals surface area contributed by atoms with Gasteiger partial charge in [-0.15, -0.1) is 0 Å². The molecule has 0 amide bonds. The third kappa shape index (κ3) is 4.48. The maximum Gasteiger partial charge on any atom is 0.0831 e. The van der Waals surface area contributed by atoms with E-state index in [1.807, 2.05) is 66.9 Å². The summed E-state index contributed by atoms with van der Waals surface area (Å²) in [6.07, 6.45) is 2.73. The van der Waals surface area contributed by atoms with E-state index in [0.717, 1.165) is 39.7 Å². The second-order valence-corrected chi connectivity index (χ2v) is 8.15. The lowest BCUT2D eigenvalue weighted by atomic mass is 9.98. The SMILES string of the molecule is Clc1ccc(C2=NN(c3ccc(C=Nc4ccccc4)cc3)[C@@H](c3ccccc3)C2)cc1. The van der Waals surface area contributed by atoms with Crippen molar-refractivity contribution in [2.75, 3.05) is 5.01 Å². The fourth-order valence-electron chi connectivity index (χ4n) is 3.88. The number of anilines is 1. The van der Waals surface area contributed by atoms with Gasteiger partial charge < -0.3 is 0 Å². The van der Waals surface area contributed by atoms with Crippen LogP contribution in [0.3, 0.4) is 0 Å². The van der Waals surface area contributed by atoms with Crippen LogP contribution in [0.4, 0.5) is 11.4 Å². The van der Waals surface area contributed by atoms with Crippen LogP contribution in [0.5, 0.6) is 0 Å². The number of aliphatic imine (C=N–C) groups is 1. The summed E-state index contributed by atoms with van der Waals surface area (Å²) < 4.78 is 0. The van der Waals surface area contributed by atoms with Gasteiger partial charge in [-0.3, -0.25) is 10.0 Å². The third-order valence-electron chi connectivity index (χ3n) is 5.55. The molecule has 156 valence electrons. The van der Waals surface area contributed by atoms with Crippen molar-refractivity contribution in [3.8, 4) is 0 Å². The second-order valence-electron chi connectivity index (χ2n) is 7.71. The molecule has 4 aromatic carbocycles. The Morgan fingerprint density at radius 2 is 1.44 bits per heavy atom. The molecule has 0 saturated heterocycles. The number of benzene rings is 4. The third-order valence-corrected chi connectivity index (χ3v) is 5.80. The first kappa shape index (κ1) is 20.2. The van der Waals surface area contributed by atoms with Gasteiger partial charge in [-0.1, -0.05) is 84.4 Å². The Bertz CT molecular complexity index is 1230. The molecule has 4 aromatic rings. The number of hydrogen-bond acceptors (Lipinski definition) is 3. The summed E-state index contributed by atoms with van der Waals surface area (Å²) in [5, 5.41) is 7.87. The number of para-hydroxylation sites is 1. The Labute approximate surface area is 193 Å². The normalized spacial score (nSPS) is 15.8. The largest absolute Gasteiger partial charge is 0.257 e. The van der Waals surface area contributed by atoms with Gasteiger partial charge >= 0.3 is 0 Å². The molecule has 1 heterocycles. The Balaban J connectivity index is 1.44. The van der Waals surface area contributed by atoms with Crippen LogP contribution in [0, 0.1) is 0 Å².